The Balaban J connectivity index is 1.92. The second-order valence-electron chi connectivity index (χ2n) is 5.64. The van der Waals surface area contributed by atoms with E-state index >= 15 is 0 Å². The molecule has 3 rings (SSSR count). The lowest BCUT2D eigenvalue weighted by Crippen LogP contribution is -2.20. The van der Waals surface area contributed by atoms with E-state index in [4.69, 9.17) is 5.73 Å². The van der Waals surface area contributed by atoms with Crippen molar-refractivity contribution in [1.29, 1.82) is 0 Å². The number of fused-ring (bicyclic) bond motifs is 1. The van der Waals surface area contributed by atoms with Gasteiger partial charge in [0.15, 0.2) is 0 Å². The van der Waals surface area contributed by atoms with Crippen LogP contribution in [0.15, 0.2) is 11.0 Å². The molecule has 0 radical (unpaired) electrons. The maximum Gasteiger partial charge on any atom is 0.276 e. The van der Waals surface area contributed by atoms with Crippen LogP contribution < -0.4 is 11.3 Å². The molecule has 6 nitrogen and oxygen atoms in total. The van der Waals surface area contributed by atoms with Gasteiger partial charge in [0.1, 0.15) is 11.0 Å². The van der Waals surface area contributed by atoms with Crippen LogP contribution in [0.25, 0.3) is 11.0 Å². The van der Waals surface area contributed by atoms with Crippen LogP contribution in [0, 0.1) is 11.8 Å². The normalized spacial score (nSPS) is 24.3. The zero-order chi connectivity index (χ0) is 13.6. The summed E-state index contributed by atoms with van der Waals surface area (Å²) in [6, 6.07) is 0. The van der Waals surface area contributed by atoms with E-state index < -0.39 is 0 Å². The highest BCUT2D eigenvalue weighted by atomic mass is 16.1. The fraction of sp³-hybridized carbons (Fsp3) is 0.538. The van der Waals surface area contributed by atoms with Gasteiger partial charge in [0, 0.05) is 31.4 Å². The van der Waals surface area contributed by atoms with Gasteiger partial charge in [0.2, 0.25) is 5.95 Å². The second kappa shape index (κ2) is 4.38. The molecule has 0 amide bonds. The summed E-state index contributed by atoms with van der Waals surface area (Å²) in [7, 11) is 0. The van der Waals surface area contributed by atoms with Crippen molar-refractivity contribution in [3.8, 4) is 0 Å². The third-order valence-corrected chi connectivity index (χ3v) is 4.09. The molecule has 3 heterocycles. The van der Waals surface area contributed by atoms with E-state index in [1.165, 1.54) is 0 Å². The van der Waals surface area contributed by atoms with Crippen molar-refractivity contribution in [2.24, 2.45) is 11.8 Å². The molecule has 19 heavy (non-hydrogen) atoms. The molecule has 0 saturated carbocycles. The van der Waals surface area contributed by atoms with Crippen molar-refractivity contribution in [1.82, 2.24) is 19.9 Å². The monoisotopic (exact) mass is 261 g/mol. The van der Waals surface area contributed by atoms with Gasteiger partial charge in [-0.2, -0.15) is 0 Å². The van der Waals surface area contributed by atoms with E-state index in [-0.39, 0.29) is 11.5 Å². The Hall–Kier alpha value is -1.82. The lowest BCUT2D eigenvalue weighted by atomic mass is 10.0. The topological polar surface area (TPSA) is 90.8 Å². The van der Waals surface area contributed by atoms with Crippen LogP contribution in [0.3, 0.4) is 0 Å². The van der Waals surface area contributed by atoms with Gasteiger partial charge >= 0.3 is 0 Å². The summed E-state index contributed by atoms with van der Waals surface area (Å²) in [6.07, 6.45) is 1.86. The summed E-state index contributed by atoms with van der Waals surface area (Å²) in [5.41, 5.74) is 7.63. The summed E-state index contributed by atoms with van der Waals surface area (Å²) in [5, 5.41) is 0. The number of nitrogens with zero attached hydrogens (tertiary/aromatic N) is 2. The molecule has 2 atom stereocenters. The molecule has 2 unspecified atom stereocenters. The van der Waals surface area contributed by atoms with Crippen molar-refractivity contribution in [3.63, 3.8) is 0 Å². The van der Waals surface area contributed by atoms with Gasteiger partial charge in [0.05, 0.1) is 0 Å². The minimum atomic E-state index is -0.211. The Morgan fingerprint density at radius 2 is 2.11 bits per heavy atom. The molecule has 1 saturated heterocycles. The molecular formula is C13H19N5O. The molecule has 1 fully saturated rings. The first-order valence-electron chi connectivity index (χ1n) is 6.62. The zero-order valence-corrected chi connectivity index (χ0v) is 11.2. The van der Waals surface area contributed by atoms with Crippen LogP contribution in [-0.4, -0.2) is 32.9 Å². The number of nitrogens with one attached hydrogen (secondary N) is 2. The van der Waals surface area contributed by atoms with Gasteiger partial charge in [-0.1, -0.05) is 13.8 Å². The van der Waals surface area contributed by atoms with Gasteiger partial charge in [0.25, 0.3) is 5.56 Å². The maximum absolute atomic E-state index is 11.7. The van der Waals surface area contributed by atoms with Crippen LogP contribution in [0.4, 0.5) is 5.95 Å². The smallest absolute Gasteiger partial charge is 0.276 e. The molecular weight excluding hydrogens is 242 g/mol. The largest absolute Gasteiger partial charge is 0.369 e. The molecule has 1 aliphatic rings. The van der Waals surface area contributed by atoms with E-state index in [0.717, 1.165) is 25.2 Å². The third-order valence-electron chi connectivity index (χ3n) is 4.09. The number of likely N-dealkylation sites (tertiary alicyclic amines) is 1. The first-order chi connectivity index (χ1) is 9.04. The summed E-state index contributed by atoms with van der Waals surface area (Å²) in [6.45, 7) is 7.55. The summed E-state index contributed by atoms with van der Waals surface area (Å²) < 4.78 is 0. The molecule has 2 aromatic rings. The van der Waals surface area contributed by atoms with Gasteiger partial charge in [-0.15, -0.1) is 0 Å². The lowest BCUT2D eigenvalue weighted by Gasteiger charge is -2.14. The summed E-state index contributed by atoms with van der Waals surface area (Å²) in [5.74, 6) is 1.60. The van der Waals surface area contributed by atoms with E-state index in [0.29, 0.717) is 22.9 Å². The molecule has 2 aromatic heterocycles. The van der Waals surface area contributed by atoms with Crippen LogP contribution >= 0.6 is 0 Å². The van der Waals surface area contributed by atoms with Crippen LogP contribution in [0.1, 0.15) is 19.4 Å². The highest BCUT2D eigenvalue weighted by Gasteiger charge is 2.26. The first-order valence-corrected chi connectivity index (χ1v) is 6.62. The highest BCUT2D eigenvalue weighted by Crippen LogP contribution is 2.25. The number of H-pyrrole nitrogens is 2. The number of hydrogen-bond acceptors (Lipinski definition) is 4. The third kappa shape index (κ3) is 2.12. The molecule has 1 aliphatic heterocycles. The Morgan fingerprint density at radius 3 is 2.79 bits per heavy atom. The number of aromatic nitrogens is 3. The number of anilines is 1. The Labute approximate surface area is 111 Å². The maximum atomic E-state index is 11.7. The molecule has 0 aliphatic carbocycles. The summed E-state index contributed by atoms with van der Waals surface area (Å²) in [4.78, 5) is 23.9. The van der Waals surface area contributed by atoms with Crippen LogP contribution in [0.2, 0.25) is 0 Å². The first kappa shape index (κ1) is 12.2. The Kier molecular flexibility index (Phi) is 2.82. The van der Waals surface area contributed by atoms with E-state index in [9.17, 15) is 4.79 Å². The lowest BCUT2D eigenvalue weighted by molar-refractivity contribution is 0.317. The standard InChI is InChI=1S/C13H19N5O/c1-7-4-18(5-8(7)2)6-9-3-15-11-10(9)16-13(14)17-12(11)19/h3,7-8,15H,4-6H2,1-2H3,(H3,14,16,17,19). The SMILES string of the molecule is CC1CN(Cc2c[nH]c3c(=O)[nH]c(N)nc23)CC1C. The average Bonchev–Trinajstić information content (AvgIpc) is 2.85. The number of nitrogen functional groups attached to an aromatic ring is 1. The number of nitrogens with two attached hydrogens (primary N) is 1. The fourth-order valence-electron chi connectivity index (χ4n) is 2.82. The van der Waals surface area contributed by atoms with Crippen molar-refractivity contribution < 1.29 is 0 Å². The van der Waals surface area contributed by atoms with Crippen molar-refractivity contribution in [2.75, 3.05) is 18.8 Å². The van der Waals surface area contributed by atoms with Crippen molar-refractivity contribution in [3.05, 3.63) is 22.1 Å². The second-order valence-corrected chi connectivity index (χ2v) is 5.64. The van der Waals surface area contributed by atoms with Crippen LogP contribution in [0.5, 0.6) is 0 Å². The average molecular weight is 261 g/mol. The molecule has 0 bridgehead atoms. The minimum Gasteiger partial charge on any atom is -0.369 e. The van der Waals surface area contributed by atoms with Crippen molar-refractivity contribution >= 4 is 17.0 Å². The van der Waals surface area contributed by atoms with Crippen LogP contribution in [-0.2, 0) is 6.54 Å². The molecule has 4 N–H and O–H groups in total. The molecule has 0 spiro atoms. The fourth-order valence-corrected chi connectivity index (χ4v) is 2.82. The van der Waals surface area contributed by atoms with E-state index in [1.54, 1.807) is 0 Å². The van der Waals surface area contributed by atoms with Crippen molar-refractivity contribution in [2.45, 2.75) is 20.4 Å². The van der Waals surface area contributed by atoms with Gasteiger partial charge in [-0.25, -0.2) is 4.98 Å². The quantitative estimate of drug-likeness (QED) is 0.749. The number of hydrogen-bond donors (Lipinski definition) is 3. The predicted octanol–water partition coefficient (Wildman–Crippen LogP) is 0.921. The Morgan fingerprint density at radius 1 is 1.42 bits per heavy atom. The van der Waals surface area contributed by atoms with Gasteiger partial charge in [-0.3, -0.25) is 14.7 Å². The Bertz CT molecular complexity index is 649. The predicted molar refractivity (Wildman–Crippen MR) is 74.7 cm³/mol. The zero-order valence-electron chi connectivity index (χ0n) is 11.2. The number of rotatable bonds is 2. The molecule has 6 heteroatoms. The molecule has 0 aromatic carbocycles. The minimum absolute atomic E-state index is 0.168. The highest BCUT2D eigenvalue weighted by molar-refractivity contribution is 5.78. The number of aromatic amines is 2. The van der Waals surface area contributed by atoms with E-state index in [2.05, 4.69) is 33.7 Å². The van der Waals surface area contributed by atoms with Gasteiger partial charge in [-0.05, 0) is 11.8 Å². The molecule has 102 valence electrons. The summed E-state index contributed by atoms with van der Waals surface area (Å²) >= 11 is 0. The van der Waals surface area contributed by atoms with E-state index in [1.807, 2.05) is 6.20 Å². The van der Waals surface area contributed by atoms with Gasteiger partial charge < -0.3 is 10.7 Å².